The van der Waals surface area contributed by atoms with Gasteiger partial charge in [-0.3, -0.25) is 4.98 Å². The Morgan fingerprint density at radius 2 is 1.86 bits per heavy atom. The zero-order valence-electron chi connectivity index (χ0n) is 13.8. The Morgan fingerprint density at radius 1 is 1.14 bits per heavy atom. The fourth-order valence-electron chi connectivity index (χ4n) is 4.52. The van der Waals surface area contributed by atoms with Gasteiger partial charge in [-0.05, 0) is 67.4 Å². The number of rotatable bonds is 2. The Balaban J connectivity index is 1.64. The highest BCUT2D eigenvalue weighted by atomic mass is 14.8. The third kappa shape index (κ3) is 3.01. The lowest BCUT2D eigenvalue weighted by Gasteiger charge is -2.40. The molecular weight excluding hydrogens is 256 g/mol. The number of pyridine rings is 1. The Morgan fingerprint density at radius 3 is 2.52 bits per heavy atom. The van der Waals surface area contributed by atoms with Crippen LogP contribution in [0, 0.1) is 17.3 Å². The van der Waals surface area contributed by atoms with Gasteiger partial charge < -0.3 is 5.73 Å². The average molecular weight is 286 g/mol. The van der Waals surface area contributed by atoms with E-state index in [0.29, 0.717) is 23.3 Å². The molecule has 2 N–H and O–H groups in total. The Kier molecular flexibility index (Phi) is 4.09. The van der Waals surface area contributed by atoms with Crippen molar-refractivity contribution in [2.75, 3.05) is 0 Å². The summed E-state index contributed by atoms with van der Waals surface area (Å²) in [7, 11) is 0. The first-order valence-electron chi connectivity index (χ1n) is 8.66. The van der Waals surface area contributed by atoms with Gasteiger partial charge in [0.05, 0.1) is 0 Å². The van der Waals surface area contributed by atoms with Crippen LogP contribution in [0.3, 0.4) is 0 Å². The largest absolute Gasteiger partial charge is 0.327 e. The van der Waals surface area contributed by atoms with Crippen LogP contribution in [0.2, 0.25) is 0 Å². The highest BCUT2D eigenvalue weighted by Gasteiger charge is 2.37. The van der Waals surface area contributed by atoms with Crippen molar-refractivity contribution in [2.45, 2.75) is 71.3 Å². The summed E-state index contributed by atoms with van der Waals surface area (Å²) in [5.74, 6) is 2.06. The fourth-order valence-corrected chi connectivity index (χ4v) is 4.52. The molecule has 0 bridgehead atoms. The normalized spacial score (nSPS) is 31.0. The summed E-state index contributed by atoms with van der Waals surface area (Å²) < 4.78 is 0. The lowest BCUT2D eigenvalue weighted by molar-refractivity contribution is 0.134. The SMILES string of the molecule is CC(C)(C)C1CCC(C(N)C2CCc3cccnc32)CC1. The molecule has 2 heteroatoms. The summed E-state index contributed by atoms with van der Waals surface area (Å²) in [6.45, 7) is 7.15. The van der Waals surface area contributed by atoms with Gasteiger partial charge in [0.2, 0.25) is 0 Å². The van der Waals surface area contributed by atoms with Crippen LogP contribution in [0.4, 0.5) is 0 Å². The van der Waals surface area contributed by atoms with Crippen LogP contribution in [0.15, 0.2) is 18.3 Å². The van der Waals surface area contributed by atoms with Gasteiger partial charge in [-0.15, -0.1) is 0 Å². The summed E-state index contributed by atoms with van der Waals surface area (Å²) in [6, 6.07) is 4.59. The molecule has 1 aromatic heterocycles. The van der Waals surface area contributed by atoms with E-state index in [1.54, 1.807) is 0 Å². The molecule has 1 heterocycles. The van der Waals surface area contributed by atoms with E-state index in [9.17, 15) is 0 Å². The molecule has 21 heavy (non-hydrogen) atoms. The number of nitrogens with zero attached hydrogens (tertiary/aromatic N) is 1. The second-order valence-corrected chi connectivity index (χ2v) is 8.25. The highest BCUT2D eigenvalue weighted by molar-refractivity contribution is 5.30. The second-order valence-electron chi connectivity index (χ2n) is 8.25. The van der Waals surface area contributed by atoms with Gasteiger partial charge in [-0.25, -0.2) is 0 Å². The van der Waals surface area contributed by atoms with Gasteiger partial charge >= 0.3 is 0 Å². The number of aromatic nitrogens is 1. The predicted molar refractivity (Wildman–Crippen MR) is 88.2 cm³/mol. The van der Waals surface area contributed by atoms with Gasteiger partial charge in [0.15, 0.2) is 0 Å². The van der Waals surface area contributed by atoms with Crippen molar-refractivity contribution in [1.82, 2.24) is 4.98 Å². The summed E-state index contributed by atoms with van der Waals surface area (Å²) in [5, 5.41) is 0. The maximum absolute atomic E-state index is 6.68. The van der Waals surface area contributed by atoms with Gasteiger partial charge in [0.1, 0.15) is 0 Å². The molecule has 2 nitrogen and oxygen atoms in total. The van der Waals surface area contributed by atoms with E-state index in [1.807, 2.05) is 6.20 Å². The summed E-state index contributed by atoms with van der Waals surface area (Å²) in [5.41, 5.74) is 9.86. The van der Waals surface area contributed by atoms with Crippen molar-refractivity contribution in [1.29, 1.82) is 0 Å². The molecule has 2 aliphatic carbocycles. The van der Waals surface area contributed by atoms with Gasteiger partial charge in [-0.1, -0.05) is 26.8 Å². The summed E-state index contributed by atoms with van der Waals surface area (Å²) >= 11 is 0. The third-order valence-electron chi connectivity index (χ3n) is 6.01. The molecule has 0 aliphatic heterocycles. The first kappa shape index (κ1) is 15.0. The molecule has 1 fully saturated rings. The van der Waals surface area contributed by atoms with Crippen molar-refractivity contribution in [3.63, 3.8) is 0 Å². The number of hydrogen-bond donors (Lipinski definition) is 1. The summed E-state index contributed by atoms with van der Waals surface area (Å²) in [6.07, 6.45) is 9.61. The van der Waals surface area contributed by atoms with Crippen LogP contribution in [-0.2, 0) is 6.42 Å². The summed E-state index contributed by atoms with van der Waals surface area (Å²) in [4.78, 5) is 4.63. The first-order chi connectivity index (χ1) is 9.97. The van der Waals surface area contributed by atoms with Crippen molar-refractivity contribution >= 4 is 0 Å². The minimum atomic E-state index is 0.307. The first-order valence-corrected chi connectivity index (χ1v) is 8.66. The van der Waals surface area contributed by atoms with Crippen molar-refractivity contribution in [2.24, 2.45) is 23.0 Å². The number of fused-ring (bicyclic) bond motifs is 1. The van der Waals surface area contributed by atoms with Gasteiger partial charge in [0.25, 0.3) is 0 Å². The number of nitrogens with two attached hydrogens (primary N) is 1. The third-order valence-corrected chi connectivity index (χ3v) is 6.01. The minimum absolute atomic E-state index is 0.307. The highest BCUT2D eigenvalue weighted by Crippen LogP contribution is 2.44. The van der Waals surface area contributed by atoms with E-state index in [1.165, 1.54) is 49.8 Å². The van der Waals surface area contributed by atoms with Crippen LogP contribution >= 0.6 is 0 Å². The molecule has 2 aliphatic rings. The van der Waals surface area contributed by atoms with Crippen molar-refractivity contribution < 1.29 is 0 Å². The van der Waals surface area contributed by atoms with E-state index in [2.05, 4.69) is 37.9 Å². The second kappa shape index (κ2) is 5.72. The zero-order valence-corrected chi connectivity index (χ0v) is 13.8. The van der Waals surface area contributed by atoms with E-state index < -0.39 is 0 Å². The molecular formula is C19H30N2. The standard InChI is InChI=1S/C19H30N2/c1-19(2,3)15-9-6-13(7-10-15)17(20)16-11-8-14-5-4-12-21-18(14)16/h4-5,12-13,15-17H,6-11,20H2,1-3H3. The minimum Gasteiger partial charge on any atom is -0.327 e. The molecule has 116 valence electrons. The maximum atomic E-state index is 6.68. The van der Waals surface area contributed by atoms with E-state index in [-0.39, 0.29) is 0 Å². The monoisotopic (exact) mass is 286 g/mol. The molecule has 2 atom stereocenters. The Hall–Kier alpha value is -0.890. The lowest BCUT2D eigenvalue weighted by Crippen LogP contribution is -2.39. The van der Waals surface area contributed by atoms with Crippen molar-refractivity contribution in [3.8, 4) is 0 Å². The molecule has 2 unspecified atom stereocenters. The van der Waals surface area contributed by atoms with E-state index in [0.717, 1.165) is 5.92 Å². The molecule has 3 rings (SSSR count). The van der Waals surface area contributed by atoms with Crippen LogP contribution in [0.25, 0.3) is 0 Å². The zero-order chi connectivity index (χ0) is 15.0. The number of hydrogen-bond acceptors (Lipinski definition) is 2. The predicted octanol–water partition coefficient (Wildman–Crippen LogP) is 4.29. The van der Waals surface area contributed by atoms with E-state index >= 15 is 0 Å². The molecule has 0 amide bonds. The number of aryl methyl sites for hydroxylation is 1. The average Bonchev–Trinajstić information content (AvgIpc) is 2.90. The smallest absolute Gasteiger partial charge is 0.0482 e. The molecule has 0 saturated heterocycles. The molecule has 1 saturated carbocycles. The Labute approximate surface area is 129 Å². The van der Waals surface area contributed by atoms with Crippen LogP contribution < -0.4 is 5.73 Å². The van der Waals surface area contributed by atoms with Gasteiger partial charge in [0, 0.05) is 23.9 Å². The van der Waals surface area contributed by atoms with Crippen LogP contribution in [-0.4, -0.2) is 11.0 Å². The molecule has 0 spiro atoms. The maximum Gasteiger partial charge on any atom is 0.0482 e. The molecule has 0 radical (unpaired) electrons. The van der Waals surface area contributed by atoms with Crippen molar-refractivity contribution in [3.05, 3.63) is 29.6 Å². The quantitative estimate of drug-likeness (QED) is 0.880. The molecule has 0 aromatic carbocycles. The van der Waals surface area contributed by atoms with E-state index in [4.69, 9.17) is 5.73 Å². The lowest BCUT2D eigenvalue weighted by atomic mass is 9.67. The topological polar surface area (TPSA) is 38.9 Å². The Bertz CT molecular complexity index is 481. The van der Waals surface area contributed by atoms with Crippen LogP contribution in [0.5, 0.6) is 0 Å². The molecule has 1 aromatic rings. The fraction of sp³-hybridized carbons (Fsp3) is 0.737. The van der Waals surface area contributed by atoms with Gasteiger partial charge in [-0.2, -0.15) is 0 Å². The van der Waals surface area contributed by atoms with Crippen LogP contribution in [0.1, 0.15) is 70.1 Å².